The molecular formula is C37H42Br3Cl2N7O2. The molecule has 3 aromatic heterocycles. The zero-order valence-corrected chi connectivity index (χ0v) is 35.2. The predicted octanol–water partition coefficient (Wildman–Crippen LogP) is 9.12. The lowest BCUT2D eigenvalue weighted by molar-refractivity contribution is 0.110. The standard InChI is InChI=1S/C13H9BrClN3O.C10H22N2.C8H5BrClN.C6H6BrNO/c14-8-4-11(15)10-6-16-18(12(10)5-8)13-3-1-2-9(7-19)17-13;1-11(2)9-7-5-6-8-10(9)12(3)4;9-6-1-5-3-11-4-7(5)8(10)2-6;7-6-3-1-2-5(4-9)8-6/h1-6,19H,7H2;9-10H,5-8H2,1-4H3;1-2,4H,3H2;1-3,9H,4H2. The minimum Gasteiger partial charge on any atom is -0.390 e. The molecule has 2 N–H and O–H groups in total. The molecule has 9 nitrogen and oxygen atoms in total. The molecule has 51 heavy (non-hydrogen) atoms. The Bertz CT molecular complexity index is 1910. The van der Waals surface area contributed by atoms with Crippen LogP contribution in [0.4, 0.5) is 0 Å². The monoisotopic (exact) mass is 923 g/mol. The number of aliphatic hydroxyl groups is 2. The molecule has 2 atom stereocenters. The molecule has 4 heterocycles. The van der Waals surface area contributed by atoms with Crippen molar-refractivity contribution < 1.29 is 10.2 Å². The maximum Gasteiger partial charge on any atom is 0.154 e. The summed E-state index contributed by atoms with van der Waals surface area (Å²) < 4.78 is 4.36. The quantitative estimate of drug-likeness (QED) is 0.170. The number of rotatable bonds is 5. The van der Waals surface area contributed by atoms with Gasteiger partial charge in [-0.3, -0.25) is 4.99 Å². The normalized spacial score (nSPS) is 16.2. The molecule has 0 amide bonds. The van der Waals surface area contributed by atoms with E-state index in [1.165, 1.54) is 31.2 Å². The number of pyridine rings is 2. The van der Waals surface area contributed by atoms with Crippen LogP contribution in [0, 0.1) is 0 Å². The summed E-state index contributed by atoms with van der Waals surface area (Å²) in [6.45, 7) is 0.658. The lowest BCUT2D eigenvalue weighted by Gasteiger charge is -2.39. The molecule has 0 spiro atoms. The third-order valence-electron chi connectivity index (χ3n) is 8.39. The van der Waals surface area contributed by atoms with Crippen LogP contribution in [0.15, 0.2) is 85.4 Å². The van der Waals surface area contributed by atoms with Gasteiger partial charge in [0.15, 0.2) is 5.82 Å². The summed E-state index contributed by atoms with van der Waals surface area (Å²) in [7, 11) is 8.80. The van der Waals surface area contributed by atoms with E-state index in [1.807, 2.05) is 54.7 Å². The molecule has 1 aliphatic heterocycles. The number of aromatic nitrogens is 4. The van der Waals surface area contributed by atoms with E-state index in [0.29, 0.717) is 22.2 Å². The van der Waals surface area contributed by atoms with E-state index in [9.17, 15) is 0 Å². The van der Waals surface area contributed by atoms with Crippen LogP contribution in [-0.4, -0.2) is 86.3 Å². The highest BCUT2D eigenvalue weighted by Gasteiger charge is 2.27. The first kappa shape index (κ1) is 41.5. The molecule has 2 unspecified atom stereocenters. The van der Waals surface area contributed by atoms with Crippen LogP contribution in [0.25, 0.3) is 16.7 Å². The number of likely N-dealkylation sites (N-methyl/N-ethyl adjacent to an activating group) is 2. The number of benzene rings is 2. The molecule has 2 aliphatic rings. The van der Waals surface area contributed by atoms with E-state index < -0.39 is 0 Å². The molecule has 0 radical (unpaired) electrons. The fourth-order valence-electron chi connectivity index (χ4n) is 5.89. The Labute approximate surface area is 335 Å². The van der Waals surface area contributed by atoms with Crippen LogP contribution in [0.2, 0.25) is 10.0 Å². The van der Waals surface area contributed by atoms with Crippen molar-refractivity contribution in [3.05, 3.63) is 113 Å². The second kappa shape index (κ2) is 20.3. The fourth-order valence-corrected chi connectivity index (χ4v) is 8.04. The largest absolute Gasteiger partial charge is 0.390 e. The molecule has 2 aromatic carbocycles. The molecule has 5 aromatic rings. The van der Waals surface area contributed by atoms with Gasteiger partial charge in [0, 0.05) is 38.2 Å². The van der Waals surface area contributed by atoms with E-state index in [4.69, 9.17) is 33.4 Å². The number of nitrogens with zero attached hydrogens (tertiary/aromatic N) is 7. The zero-order valence-electron chi connectivity index (χ0n) is 28.9. The number of aliphatic hydroxyl groups excluding tert-OH is 2. The van der Waals surface area contributed by atoms with E-state index in [0.717, 1.165) is 53.7 Å². The van der Waals surface area contributed by atoms with Crippen LogP contribution < -0.4 is 0 Å². The summed E-state index contributed by atoms with van der Waals surface area (Å²) in [5.74, 6) is 0.649. The second-order valence-corrected chi connectivity index (χ2v) is 15.9. The van der Waals surface area contributed by atoms with Crippen molar-refractivity contribution in [2.75, 3.05) is 28.2 Å². The van der Waals surface area contributed by atoms with E-state index >= 15 is 0 Å². The maximum atomic E-state index is 9.14. The summed E-state index contributed by atoms with van der Waals surface area (Å²) in [4.78, 5) is 17.2. The van der Waals surface area contributed by atoms with Crippen molar-refractivity contribution in [3.63, 3.8) is 0 Å². The smallest absolute Gasteiger partial charge is 0.154 e. The van der Waals surface area contributed by atoms with Gasteiger partial charge in [0.2, 0.25) is 0 Å². The van der Waals surface area contributed by atoms with Gasteiger partial charge in [0.25, 0.3) is 0 Å². The summed E-state index contributed by atoms with van der Waals surface area (Å²) in [5.41, 5.74) is 4.41. The van der Waals surface area contributed by atoms with Crippen molar-refractivity contribution in [2.45, 2.75) is 57.5 Å². The van der Waals surface area contributed by atoms with Crippen molar-refractivity contribution in [1.29, 1.82) is 0 Å². The lowest BCUT2D eigenvalue weighted by atomic mass is 9.89. The summed E-state index contributed by atoms with van der Waals surface area (Å²) in [5, 5.41) is 24.3. The highest BCUT2D eigenvalue weighted by atomic mass is 79.9. The summed E-state index contributed by atoms with van der Waals surface area (Å²) in [6, 6.07) is 20.1. The van der Waals surface area contributed by atoms with Gasteiger partial charge < -0.3 is 20.0 Å². The topological polar surface area (TPSA) is 103 Å². The van der Waals surface area contributed by atoms with Crippen molar-refractivity contribution in [2.24, 2.45) is 4.99 Å². The predicted molar refractivity (Wildman–Crippen MR) is 219 cm³/mol. The van der Waals surface area contributed by atoms with Crippen molar-refractivity contribution in [1.82, 2.24) is 29.5 Å². The molecule has 14 heteroatoms. The van der Waals surface area contributed by atoms with Crippen LogP contribution in [0.5, 0.6) is 0 Å². The van der Waals surface area contributed by atoms with Crippen molar-refractivity contribution in [3.8, 4) is 5.82 Å². The highest BCUT2D eigenvalue weighted by Crippen LogP contribution is 2.30. The fraction of sp³-hybridized carbons (Fsp3) is 0.351. The van der Waals surface area contributed by atoms with E-state index in [-0.39, 0.29) is 13.2 Å². The minimum atomic E-state index is -0.0997. The van der Waals surface area contributed by atoms with Crippen LogP contribution >= 0.6 is 71.0 Å². The van der Waals surface area contributed by atoms with Gasteiger partial charge >= 0.3 is 0 Å². The average Bonchev–Trinajstić information content (AvgIpc) is 3.77. The number of hydrogen-bond acceptors (Lipinski definition) is 8. The van der Waals surface area contributed by atoms with Gasteiger partial charge in [0.05, 0.1) is 52.9 Å². The number of halogens is 5. The van der Waals surface area contributed by atoms with Crippen LogP contribution in [-0.2, 0) is 19.8 Å². The van der Waals surface area contributed by atoms with Crippen LogP contribution in [0.1, 0.15) is 48.2 Å². The minimum absolute atomic E-state index is 0.000556. The molecule has 1 aliphatic carbocycles. The number of fused-ring (bicyclic) bond motifs is 2. The van der Waals surface area contributed by atoms with Gasteiger partial charge in [-0.15, -0.1) is 0 Å². The summed E-state index contributed by atoms with van der Waals surface area (Å²) >= 11 is 22.1. The van der Waals surface area contributed by atoms with Gasteiger partial charge in [0.1, 0.15) is 4.60 Å². The van der Waals surface area contributed by atoms with E-state index in [2.05, 4.69) is 106 Å². The Kier molecular flexibility index (Phi) is 16.5. The first-order valence-electron chi connectivity index (χ1n) is 16.3. The molecule has 1 saturated carbocycles. The molecule has 272 valence electrons. The Balaban J connectivity index is 0.000000160. The first-order valence-corrected chi connectivity index (χ1v) is 19.5. The van der Waals surface area contributed by atoms with Crippen molar-refractivity contribution >= 4 is 88.1 Å². The van der Waals surface area contributed by atoms with Crippen LogP contribution in [0.3, 0.4) is 0 Å². The van der Waals surface area contributed by atoms with E-state index in [1.54, 1.807) is 23.0 Å². The lowest BCUT2D eigenvalue weighted by Crippen LogP contribution is -2.48. The average molecular weight is 927 g/mol. The maximum absolute atomic E-state index is 9.14. The Morgan fingerprint density at radius 1 is 0.784 bits per heavy atom. The molecule has 0 bridgehead atoms. The van der Waals surface area contributed by atoms with Gasteiger partial charge in [-0.2, -0.15) is 5.10 Å². The molecule has 1 fully saturated rings. The molecule has 7 rings (SSSR count). The third kappa shape index (κ3) is 11.9. The summed E-state index contributed by atoms with van der Waals surface area (Å²) in [6.07, 6.45) is 9.09. The third-order valence-corrected chi connectivity index (χ3v) is 10.4. The zero-order chi connectivity index (χ0) is 37.1. The van der Waals surface area contributed by atoms with Gasteiger partial charge in [-0.1, -0.05) is 80.0 Å². The second-order valence-electron chi connectivity index (χ2n) is 12.4. The Morgan fingerprint density at radius 3 is 1.96 bits per heavy atom. The molecular weight excluding hydrogens is 885 g/mol. The Hall–Kier alpha value is -2.26. The van der Waals surface area contributed by atoms with Gasteiger partial charge in [-0.25, -0.2) is 14.6 Å². The Morgan fingerprint density at radius 2 is 1.37 bits per heavy atom. The first-order chi connectivity index (χ1) is 24.4. The SMILES string of the molecule is CN(C)C1CCCCC1N(C)C.Clc1cc(Br)cc2c1C=NC2.OCc1cccc(-n2ncc3c(Cl)cc(Br)cc32)n1.OCc1cccc(Br)n1. The number of hydrogen-bond donors (Lipinski definition) is 2. The molecule has 0 saturated heterocycles. The van der Waals surface area contributed by atoms with Gasteiger partial charge in [-0.05, 0) is 111 Å². The number of aliphatic imine (C=N–C) groups is 1. The highest BCUT2D eigenvalue weighted by molar-refractivity contribution is 9.11.